The van der Waals surface area contributed by atoms with Crippen LogP contribution in [0.15, 0.2) is 84.2 Å². The Morgan fingerprint density at radius 2 is 1.86 bits per heavy atom. The normalized spacial score (nSPS) is 15.3. The van der Waals surface area contributed by atoms with E-state index in [9.17, 15) is 8.78 Å². The molecular formula is C19H22F2O. The number of rotatable bonds is 8. The Morgan fingerprint density at radius 1 is 1.18 bits per heavy atom. The smallest absolute Gasteiger partial charge is 0.200 e. The average molecular weight is 304 g/mol. The summed E-state index contributed by atoms with van der Waals surface area (Å²) in [5.74, 6) is -2.61. The molecule has 0 aromatic rings. The summed E-state index contributed by atoms with van der Waals surface area (Å²) in [6, 6.07) is 0. The van der Waals surface area contributed by atoms with Crippen molar-refractivity contribution in [2.24, 2.45) is 0 Å². The van der Waals surface area contributed by atoms with Crippen LogP contribution in [0.4, 0.5) is 8.78 Å². The Labute approximate surface area is 131 Å². The van der Waals surface area contributed by atoms with Gasteiger partial charge >= 0.3 is 0 Å². The molecule has 1 aliphatic rings. The molecule has 1 rings (SSSR count). The van der Waals surface area contributed by atoms with Crippen molar-refractivity contribution < 1.29 is 13.5 Å². The zero-order valence-electron chi connectivity index (χ0n) is 13.1. The van der Waals surface area contributed by atoms with E-state index in [1.54, 1.807) is 19.1 Å². The molecule has 0 saturated carbocycles. The summed E-state index contributed by atoms with van der Waals surface area (Å²) < 4.78 is 32.6. The molecule has 0 radical (unpaired) electrons. The van der Waals surface area contributed by atoms with Gasteiger partial charge in [-0.1, -0.05) is 44.5 Å². The predicted octanol–water partition coefficient (Wildman–Crippen LogP) is 6.02. The van der Waals surface area contributed by atoms with Crippen LogP contribution in [0.25, 0.3) is 0 Å². The molecule has 0 bridgehead atoms. The zero-order chi connectivity index (χ0) is 16.7. The molecule has 22 heavy (non-hydrogen) atoms. The summed E-state index contributed by atoms with van der Waals surface area (Å²) >= 11 is 0. The molecule has 0 unspecified atom stereocenters. The fourth-order valence-corrected chi connectivity index (χ4v) is 2.00. The SMILES string of the molecule is C=C(/C=C\C(=C)C1=CCCC1)C(=C)/C(F)=C(/F)C(=C)OCC. The summed E-state index contributed by atoms with van der Waals surface area (Å²) in [6.45, 7) is 16.4. The van der Waals surface area contributed by atoms with Crippen molar-refractivity contribution in [2.45, 2.75) is 26.2 Å². The van der Waals surface area contributed by atoms with Gasteiger partial charge in [-0.15, -0.1) is 0 Å². The second-order valence-corrected chi connectivity index (χ2v) is 4.97. The highest BCUT2D eigenvalue weighted by Gasteiger charge is 2.15. The van der Waals surface area contributed by atoms with Gasteiger partial charge in [0.05, 0.1) is 6.61 Å². The highest BCUT2D eigenvalue weighted by atomic mass is 19.2. The van der Waals surface area contributed by atoms with Gasteiger partial charge in [0.25, 0.3) is 0 Å². The van der Waals surface area contributed by atoms with Gasteiger partial charge in [0.1, 0.15) is 0 Å². The predicted molar refractivity (Wildman–Crippen MR) is 88.5 cm³/mol. The molecule has 0 atom stereocenters. The molecule has 1 aliphatic carbocycles. The molecule has 1 nitrogen and oxygen atoms in total. The van der Waals surface area contributed by atoms with Crippen molar-refractivity contribution in [1.29, 1.82) is 0 Å². The lowest BCUT2D eigenvalue weighted by Crippen LogP contribution is -1.95. The Hall–Kier alpha value is -2.16. The van der Waals surface area contributed by atoms with Crippen molar-refractivity contribution in [3.63, 3.8) is 0 Å². The number of hydrogen-bond donors (Lipinski definition) is 0. The van der Waals surface area contributed by atoms with Crippen LogP contribution in [0.3, 0.4) is 0 Å². The van der Waals surface area contributed by atoms with E-state index in [1.807, 2.05) is 0 Å². The first-order valence-electron chi connectivity index (χ1n) is 7.20. The van der Waals surface area contributed by atoms with Gasteiger partial charge in [0.15, 0.2) is 11.6 Å². The Balaban J connectivity index is 2.76. The van der Waals surface area contributed by atoms with E-state index in [2.05, 4.69) is 32.4 Å². The fourth-order valence-electron chi connectivity index (χ4n) is 2.00. The summed E-state index contributed by atoms with van der Waals surface area (Å²) in [6.07, 6.45) is 8.63. The van der Waals surface area contributed by atoms with Crippen molar-refractivity contribution >= 4 is 0 Å². The van der Waals surface area contributed by atoms with Gasteiger partial charge in [-0.25, -0.2) is 4.39 Å². The van der Waals surface area contributed by atoms with Gasteiger partial charge in [0, 0.05) is 5.57 Å². The van der Waals surface area contributed by atoms with Crippen LogP contribution in [-0.4, -0.2) is 6.61 Å². The molecular weight excluding hydrogens is 282 g/mol. The molecule has 0 heterocycles. The third kappa shape index (κ3) is 4.69. The maximum Gasteiger partial charge on any atom is 0.200 e. The van der Waals surface area contributed by atoms with Crippen LogP contribution in [0, 0.1) is 0 Å². The second kappa shape index (κ2) is 8.32. The van der Waals surface area contributed by atoms with E-state index in [0.29, 0.717) is 0 Å². The maximum atomic E-state index is 14.0. The number of ether oxygens (including phenoxy) is 1. The van der Waals surface area contributed by atoms with Crippen molar-refractivity contribution in [3.8, 4) is 0 Å². The third-order valence-corrected chi connectivity index (χ3v) is 3.35. The van der Waals surface area contributed by atoms with Gasteiger partial charge in [-0.05, 0) is 42.9 Å². The molecule has 3 heteroatoms. The van der Waals surface area contributed by atoms with Crippen LogP contribution in [0.1, 0.15) is 26.2 Å². The molecule has 0 N–H and O–H groups in total. The summed E-state index contributed by atoms with van der Waals surface area (Å²) in [4.78, 5) is 0. The largest absolute Gasteiger partial charge is 0.491 e. The zero-order valence-corrected chi connectivity index (χ0v) is 13.1. The van der Waals surface area contributed by atoms with E-state index in [0.717, 1.165) is 24.8 Å². The summed E-state index contributed by atoms with van der Waals surface area (Å²) in [5.41, 5.74) is 2.18. The molecule has 118 valence electrons. The molecule has 0 fully saturated rings. The lowest BCUT2D eigenvalue weighted by atomic mass is 10.0. The monoisotopic (exact) mass is 304 g/mol. The van der Waals surface area contributed by atoms with Gasteiger partial charge < -0.3 is 4.74 Å². The van der Waals surface area contributed by atoms with Gasteiger partial charge in [0.2, 0.25) is 5.83 Å². The lowest BCUT2D eigenvalue weighted by Gasteiger charge is -2.08. The van der Waals surface area contributed by atoms with Crippen molar-refractivity contribution in [1.82, 2.24) is 0 Å². The Bertz CT molecular complexity index is 589. The molecule has 0 saturated heterocycles. The number of hydrogen-bond acceptors (Lipinski definition) is 1. The topological polar surface area (TPSA) is 9.23 Å². The van der Waals surface area contributed by atoms with Crippen LogP contribution in [0.5, 0.6) is 0 Å². The quantitative estimate of drug-likeness (QED) is 0.393. The first kappa shape index (κ1) is 17.9. The van der Waals surface area contributed by atoms with E-state index < -0.39 is 11.7 Å². The van der Waals surface area contributed by atoms with Gasteiger partial charge in [-0.2, -0.15) is 4.39 Å². The lowest BCUT2D eigenvalue weighted by molar-refractivity contribution is 0.224. The minimum absolute atomic E-state index is 0.136. The third-order valence-electron chi connectivity index (χ3n) is 3.35. The van der Waals surface area contributed by atoms with Crippen LogP contribution < -0.4 is 0 Å². The first-order valence-corrected chi connectivity index (χ1v) is 7.20. The molecule has 0 aromatic carbocycles. The summed E-state index contributed by atoms with van der Waals surface area (Å²) in [5, 5.41) is 0. The highest BCUT2D eigenvalue weighted by Crippen LogP contribution is 2.28. The van der Waals surface area contributed by atoms with E-state index >= 15 is 0 Å². The van der Waals surface area contributed by atoms with Crippen molar-refractivity contribution in [2.75, 3.05) is 6.61 Å². The molecule has 0 spiro atoms. The average Bonchev–Trinajstić information content (AvgIpc) is 3.04. The van der Waals surface area contributed by atoms with Gasteiger partial charge in [-0.3, -0.25) is 0 Å². The van der Waals surface area contributed by atoms with Crippen LogP contribution in [-0.2, 0) is 4.74 Å². The maximum absolute atomic E-state index is 14.0. The minimum atomic E-state index is -1.15. The summed E-state index contributed by atoms with van der Waals surface area (Å²) in [7, 11) is 0. The van der Waals surface area contributed by atoms with E-state index in [4.69, 9.17) is 4.74 Å². The minimum Gasteiger partial charge on any atom is -0.491 e. The van der Waals surface area contributed by atoms with E-state index in [-0.39, 0.29) is 23.5 Å². The van der Waals surface area contributed by atoms with E-state index in [1.165, 1.54) is 5.57 Å². The second-order valence-electron chi connectivity index (χ2n) is 4.97. The fraction of sp³-hybridized carbons (Fsp3) is 0.263. The molecule has 0 aromatic heterocycles. The van der Waals surface area contributed by atoms with Crippen LogP contribution >= 0.6 is 0 Å². The van der Waals surface area contributed by atoms with Crippen LogP contribution in [0.2, 0.25) is 0 Å². The first-order chi connectivity index (χ1) is 10.4. The Morgan fingerprint density at radius 3 is 2.41 bits per heavy atom. The molecule has 0 aliphatic heterocycles. The standard InChI is InChI=1S/C19H22F2O/c1-6-22-16(5)19(21)18(20)15(4)13(2)11-12-14(3)17-9-7-8-10-17/h9,11-12H,2-8,10H2,1H3/b12-11-,19-18-. The highest BCUT2D eigenvalue weighted by molar-refractivity contribution is 5.51. The number of allylic oxidation sites excluding steroid dienone is 9. The van der Waals surface area contributed by atoms with Crippen molar-refractivity contribution in [3.05, 3.63) is 84.2 Å². The molecule has 0 amide bonds. The Kier molecular flexibility index (Phi) is 6.77. The number of halogens is 2.